The number of anilines is 1. The molecule has 0 unspecified atom stereocenters. The number of ether oxygens (including phenoxy) is 3. The fraction of sp³-hybridized carbons (Fsp3) is 0.394. The standard InChI is InChI=1S/C33H37N3O5/c1-4-40-28-20-22-14-15-36-31(25(22)21-29(28)41-5-2)30(23-10-6-7-11-24(23)32(36)37)33(38)35-18-16-34(17-19-35)26-12-8-9-13-27(26)39-3/h6-13,20-21,30-31H,4-5,14-19H2,1-3H3/t30-,31+/m0/s1. The van der Waals surface area contributed by atoms with Gasteiger partial charge in [0.2, 0.25) is 5.91 Å². The van der Waals surface area contributed by atoms with Crippen LogP contribution in [0.25, 0.3) is 0 Å². The minimum atomic E-state index is -0.506. The molecule has 3 aliphatic heterocycles. The Morgan fingerprint density at radius 3 is 2.24 bits per heavy atom. The second-order valence-electron chi connectivity index (χ2n) is 10.6. The molecule has 8 nitrogen and oxygen atoms in total. The van der Waals surface area contributed by atoms with Crippen molar-refractivity contribution in [1.82, 2.24) is 9.80 Å². The zero-order chi connectivity index (χ0) is 28.5. The minimum Gasteiger partial charge on any atom is -0.495 e. The molecule has 3 heterocycles. The zero-order valence-corrected chi connectivity index (χ0v) is 24.0. The number of rotatable bonds is 7. The van der Waals surface area contributed by atoms with Gasteiger partial charge in [0.1, 0.15) is 5.75 Å². The van der Waals surface area contributed by atoms with Gasteiger partial charge in [-0.3, -0.25) is 9.59 Å². The molecule has 3 aliphatic rings. The normalized spacial score (nSPS) is 19.7. The summed E-state index contributed by atoms with van der Waals surface area (Å²) < 4.78 is 17.5. The first-order valence-electron chi connectivity index (χ1n) is 14.5. The molecule has 2 amide bonds. The number of nitrogens with zero attached hydrogens (tertiary/aromatic N) is 3. The van der Waals surface area contributed by atoms with Gasteiger partial charge in [-0.15, -0.1) is 0 Å². The number of methoxy groups -OCH3 is 1. The number of hydrogen-bond acceptors (Lipinski definition) is 6. The van der Waals surface area contributed by atoms with Crippen molar-refractivity contribution in [3.63, 3.8) is 0 Å². The Hall–Kier alpha value is -4.20. The number of benzene rings is 3. The molecule has 6 rings (SSSR count). The van der Waals surface area contributed by atoms with Crippen molar-refractivity contribution >= 4 is 17.5 Å². The number of fused-ring (bicyclic) bond motifs is 4. The SMILES string of the molecule is CCOc1cc2c(cc1OCC)[C@@H]1[C@@H](C(=O)N3CCN(c4ccccc4OC)CC3)c3ccccc3C(=O)N1CC2. The molecule has 0 N–H and O–H groups in total. The highest BCUT2D eigenvalue weighted by molar-refractivity contribution is 6.01. The molecule has 1 saturated heterocycles. The molecule has 0 aliphatic carbocycles. The van der Waals surface area contributed by atoms with Gasteiger partial charge in [-0.25, -0.2) is 0 Å². The lowest BCUT2D eigenvalue weighted by molar-refractivity contribution is -0.135. The molecule has 0 spiro atoms. The Balaban J connectivity index is 1.36. The third-order valence-corrected chi connectivity index (χ3v) is 8.47. The topological polar surface area (TPSA) is 71.5 Å². The Morgan fingerprint density at radius 1 is 0.829 bits per heavy atom. The van der Waals surface area contributed by atoms with Gasteiger partial charge >= 0.3 is 0 Å². The molecular formula is C33H37N3O5. The minimum absolute atomic E-state index is 0.0202. The molecule has 41 heavy (non-hydrogen) atoms. The van der Waals surface area contributed by atoms with Crippen LogP contribution in [0.1, 0.15) is 52.9 Å². The highest BCUT2D eigenvalue weighted by atomic mass is 16.5. The highest BCUT2D eigenvalue weighted by Crippen LogP contribution is 2.49. The van der Waals surface area contributed by atoms with Crippen LogP contribution in [0.2, 0.25) is 0 Å². The lowest BCUT2D eigenvalue weighted by Crippen LogP contribution is -2.54. The maximum Gasteiger partial charge on any atom is 0.254 e. The summed E-state index contributed by atoms with van der Waals surface area (Å²) in [4.78, 5) is 34.4. The van der Waals surface area contributed by atoms with E-state index in [-0.39, 0.29) is 11.8 Å². The summed E-state index contributed by atoms with van der Waals surface area (Å²) in [6.45, 7) is 8.07. The van der Waals surface area contributed by atoms with E-state index in [0.717, 1.165) is 28.1 Å². The fourth-order valence-electron chi connectivity index (χ4n) is 6.59. The van der Waals surface area contributed by atoms with Crippen molar-refractivity contribution in [1.29, 1.82) is 0 Å². The Labute approximate surface area is 241 Å². The quantitative estimate of drug-likeness (QED) is 0.422. The monoisotopic (exact) mass is 555 g/mol. The van der Waals surface area contributed by atoms with Crippen LogP contribution >= 0.6 is 0 Å². The summed E-state index contributed by atoms with van der Waals surface area (Å²) >= 11 is 0. The van der Waals surface area contributed by atoms with E-state index >= 15 is 0 Å². The van der Waals surface area contributed by atoms with Gasteiger partial charge in [0.15, 0.2) is 11.5 Å². The van der Waals surface area contributed by atoms with E-state index in [9.17, 15) is 9.59 Å². The predicted octanol–water partition coefficient (Wildman–Crippen LogP) is 4.68. The summed E-state index contributed by atoms with van der Waals surface area (Å²) in [6.07, 6.45) is 0.699. The van der Waals surface area contributed by atoms with Crippen LogP contribution in [-0.2, 0) is 11.2 Å². The molecule has 1 fully saturated rings. The number of amides is 2. The second kappa shape index (κ2) is 11.4. The first kappa shape index (κ1) is 27.0. The average Bonchev–Trinajstić information content (AvgIpc) is 3.01. The van der Waals surface area contributed by atoms with Crippen LogP contribution < -0.4 is 19.1 Å². The largest absolute Gasteiger partial charge is 0.495 e. The Kier molecular flexibility index (Phi) is 7.47. The van der Waals surface area contributed by atoms with Gasteiger partial charge in [0.25, 0.3) is 5.91 Å². The Morgan fingerprint density at radius 2 is 1.51 bits per heavy atom. The van der Waals surface area contributed by atoms with Crippen molar-refractivity contribution < 1.29 is 23.8 Å². The molecular weight excluding hydrogens is 518 g/mol. The first-order chi connectivity index (χ1) is 20.0. The lowest BCUT2D eigenvalue weighted by atomic mass is 9.75. The van der Waals surface area contributed by atoms with E-state index in [4.69, 9.17) is 14.2 Å². The third kappa shape index (κ3) is 4.75. The van der Waals surface area contributed by atoms with Crippen LogP contribution in [0, 0.1) is 0 Å². The lowest BCUT2D eigenvalue weighted by Gasteiger charge is -2.47. The summed E-state index contributed by atoms with van der Waals surface area (Å²) in [7, 11) is 1.68. The van der Waals surface area contributed by atoms with Crippen LogP contribution in [0.4, 0.5) is 5.69 Å². The summed E-state index contributed by atoms with van der Waals surface area (Å²) in [5.74, 6) is 1.72. The molecule has 3 aromatic carbocycles. The number of piperazine rings is 1. The van der Waals surface area contributed by atoms with Crippen molar-refractivity contribution in [2.45, 2.75) is 32.2 Å². The summed E-state index contributed by atoms with van der Waals surface area (Å²) in [5, 5.41) is 0. The van der Waals surface area contributed by atoms with E-state index in [1.54, 1.807) is 7.11 Å². The van der Waals surface area contributed by atoms with Gasteiger partial charge in [0.05, 0.1) is 38.0 Å². The van der Waals surface area contributed by atoms with E-state index in [2.05, 4.69) is 11.0 Å². The van der Waals surface area contributed by atoms with Crippen LogP contribution in [-0.4, -0.2) is 74.7 Å². The average molecular weight is 556 g/mol. The van der Waals surface area contributed by atoms with E-state index in [1.165, 1.54) is 0 Å². The van der Waals surface area contributed by atoms with Crippen molar-refractivity contribution in [2.75, 3.05) is 57.9 Å². The molecule has 0 bridgehead atoms. The van der Waals surface area contributed by atoms with Gasteiger partial charge < -0.3 is 28.9 Å². The maximum absolute atomic E-state index is 14.5. The van der Waals surface area contributed by atoms with E-state index in [1.807, 2.05) is 78.2 Å². The van der Waals surface area contributed by atoms with Gasteiger partial charge in [-0.05, 0) is 67.3 Å². The van der Waals surface area contributed by atoms with E-state index < -0.39 is 12.0 Å². The first-order valence-corrected chi connectivity index (χ1v) is 14.5. The molecule has 0 radical (unpaired) electrons. The van der Waals surface area contributed by atoms with E-state index in [0.29, 0.717) is 69.4 Å². The number of hydrogen-bond donors (Lipinski definition) is 0. The predicted molar refractivity (Wildman–Crippen MR) is 157 cm³/mol. The van der Waals surface area contributed by atoms with Gasteiger partial charge in [-0.1, -0.05) is 30.3 Å². The number of para-hydroxylation sites is 2. The third-order valence-electron chi connectivity index (χ3n) is 8.47. The van der Waals surface area contributed by atoms with Crippen molar-refractivity contribution in [2.24, 2.45) is 0 Å². The molecule has 0 aromatic heterocycles. The number of carbonyl (C=O) groups excluding carboxylic acids is 2. The zero-order valence-electron chi connectivity index (χ0n) is 24.0. The molecule has 2 atom stereocenters. The Bertz CT molecular complexity index is 1450. The smallest absolute Gasteiger partial charge is 0.254 e. The highest BCUT2D eigenvalue weighted by Gasteiger charge is 2.48. The van der Waals surface area contributed by atoms with Crippen molar-refractivity contribution in [3.8, 4) is 17.2 Å². The van der Waals surface area contributed by atoms with Crippen molar-refractivity contribution in [3.05, 3.63) is 82.9 Å². The van der Waals surface area contributed by atoms with Crippen LogP contribution in [0.5, 0.6) is 17.2 Å². The number of carbonyl (C=O) groups is 2. The maximum atomic E-state index is 14.5. The van der Waals surface area contributed by atoms with Crippen LogP contribution in [0.3, 0.4) is 0 Å². The second-order valence-corrected chi connectivity index (χ2v) is 10.6. The van der Waals surface area contributed by atoms with Gasteiger partial charge in [0, 0.05) is 38.3 Å². The fourth-order valence-corrected chi connectivity index (χ4v) is 6.59. The molecule has 3 aromatic rings. The van der Waals surface area contributed by atoms with Crippen LogP contribution in [0.15, 0.2) is 60.7 Å². The molecule has 214 valence electrons. The summed E-state index contributed by atoms with van der Waals surface area (Å²) in [5.41, 5.74) is 4.53. The van der Waals surface area contributed by atoms with Gasteiger partial charge in [-0.2, -0.15) is 0 Å². The summed E-state index contributed by atoms with van der Waals surface area (Å²) in [6, 6.07) is 19.2. The molecule has 0 saturated carbocycles. The molecule has 8 heteroatoms.